The summed E-state index contributed by atoms with van der Waals surface area (Å²) in [4.78, 5) is 13.4. The Labute approximate surface area is 96.1 Å². The van der Waals surface area contributed by atoms with Crippen LogP contribution in [0.1, 0.15) is 10.4 Å². The minimum absolute atomic E-state index is 0. The number of H-pyrrole nitrogens is 1. The predicted molar refractivity (Wildman–Crippen MR) is 45.7 cm³/mol. The average Bonchev–Trinajstić information content (AvgIpc) is 2.43. The van der Waals surface area contributed by atoms with E-state index in [1.807, 2.05) is 0 Å². The van der Waals surface area contributed by atoms with E-state index in [1.165, 1.54) is 6.07 Å². The molecule has 0 bridgehead atoms. The summed E-state index contributed by atoms with van der Waals surface area (Å²) in [5.74, 6) is -1.25. The molecule has 14 heavy (non-hydrogen) atoms. The molecule has 2 rings (SSSR count). The second kappa shape index (κ2) is 4.01. The number of oxazole rings is 1. The quantitative estimate of drug-likeness (QED) is 0.422. The minimum atomic E-state index is -1.25. The van der Waals surface area contributed by atoms with Gasteiger partial charge in [0.15, 0.2) is 5.58 Å². The molecule has 0 aliphatic rings. The molecule has 1 aromatic heterocycles. The molecule has 2 aromatic rings. The van der Waals surface area contributed by atoms with Crippen LogP contribution in [0.5, 0.6) is 0 Å². The van der Waals surface area contributed by atoms with Crippen molar-refractivity contribution in [3.05, 3.63) is 28.6 Å². The van der Waals surface area contributed by atoms with E-state index in [0.29, 0.717) is 11.1 Å². The van der Waals surface area contributed by atoms with E-state index >= 15 is 0 Å². The number of hydrogen-bond acceptors (Lipinski definition) is 4. The molecular formula is C8H4LiNO3S. The molecule has 0 fully saturated rings. The van der Waals surface area contributed by atoms with Crippen molar-refractivity contribution in [3.63, 3.8) is 0 Å². The molecule has 1 heterocycles. The molecule has 0 saturated heterocycles. The molecule has 0 aliphatic heterocycles. The topological polar surface area (TPSA) is 69.1 Å². The van der Waals surface area contributed by atoms with E-state index in [9.17, 15) is 9.90 Å². The van der Waals surface area contributed by atoms with E-state index < -0.39 is 5.97 Å². The summed E-state index contributed by atoms with van der Waals surface area (Å²) >= 11 is 4.72. The Balaban J connectivity index is 0.000000980. The van der Waals surface area contributed by atoms with Crippen LogP contribution in [0.15, 0.2) is 22.6 Å². The molecule has 6 heteroatoms. The van der Waals surface area contributed by atoms with Crippen LogP contribution in [0.3, 0.4) is 0 Å². The number of nitrogens with one attached hydrogen (secondary N) is 1. The van der Waals surface area contributed by atoms with E-state index in [-0.39, 0.29) is 29.3 Å². The number of carboxylic acid groups (broad SMARTS) is 1. The average molecular weight is 201 g/mol. The Morgan fingerprint density at radius 2 is 2.21 bits per heavy atom. The summed E-state index contributed by atoms with van der Waals surface area (Å²) in [7, 11) is 0. The maximum atomic E-state index is 10.6. The van der Waals surface area contributed by atoms with Gasteiger partial charge in [-0.15, -0.1) is 0 Å². The van der Waals surface area contributed by atoms with Crippen LogP contribution in [0.2, 0.25) is 0 Å². The maximum Gasteiger partial charge on any atom is 1.00 e. The number of carbonyl (C=O) groups is 1. The monoisotopic (exact) mass is 201 g/mol. The van der Waals surface area contributed by atoms with Gasteiger partial charge in [-0.25, -0.2) is 0 Å². The van der Waals surface area contributed by atoms with Gasteiger partial charge >= 0.3 is 18.9 Å². The van der Waals surface area contributed by atoms with Gasteiger partial charge in [0.2, 0.25) is 0 Å². The van der Waals surface area contributed by atoms with Crippen molar-refractivity contribution >= 4 is 29.3 Å². The number of hydrogen-bond donors (Lipinski definition) is 1. The van der Waals surface area contributed by atoms with Gasteiger partial charge in [-0.1, -0.05) is 12.1 Å². The molecule has 1 aromatic carbocycles. The molecule has 0 radical (unpaired) electrons. The summed E-state index contributed by atoms with van der Waals surface area (Å²) < 4.78 is 5.03. The van der Waals surface area contributed by atoms with Gasteiger partial charge < -0.3 is 19.3 Å². The van der Waals surface area contributed by atoms with E-state index in [1.54, 1.807) is 12.1 Å². The van der Waals surface area contributed by atoms with Gasteiger partial charge in [0, 0.05) is 5.56 Å². The molecule has 1 N–H and O–H groups in total. The number of carboxylic acids is 1. The van der Waals surface area contributed by atoms with Crippen molar-refractivity contribution in [3.8, 4) is 0 Å². The maximum absolute atomic E-state index is 10.6. The van der Waals surface area contributed by atoms with Crippen molar-refractivity contribution in [2.45, 2.75) is 0 Å². The van der Waals surface area contributed by atoms with Crippen molar-refractivity contribution in [2.75, 3.05) is 0 Å². The van der Waals surface area contributed by atoms with Gasteiger partial charge in [0.25, 0.3) is 4.84 Å². The molecule has 0 aliphatic carbocycles. The summed E-state index contributed by atoms with van der Waals surface area (Å²) in [5, 5.41) is 10.6. The SMILES string of the molecule is O=C([O-])c1cccc2oc(=S)[nH]c12.[Li+]. The summed E-state index contributed by atoms with van der Waals surface area (Å²) in [6.07, 6.45) is 0. The Kier molecular flexibility index (Phi) is 3.16. The predicted octanol–water partition coefficient (Wildman–Crippen LogP) is -2.14. The zero-order chi connectivity index (χ0) is 9.42. The molecule has 66 valence electrons. The van der Waals surface area contributed by atoms with Gasteiger partial charge in [-0.2, -0.15) is 0 Å². The second-order valence-electron chi connectivity index (χ2n) is 2.48. The van der Waals surface area contributed by atoms with Crippen LogP contribution in [0.4, 0.5) is 0 Å². The summed E-state index contributed by atoms with van der Waals surface area (Å²) in [6, 6.07) is 4.63. The molecule has 4 nitrogen and oxygen atoms in total. The second-order valence-corrected chi connectivity index (χ2v) is 2.85. The zero-order valence-corrected chi connectivity index (χ0v) is 8.18. The Bertz CT molecular complexity index is 531. The summed E-state index contributed by atoms with van der Waals surface area (Å²) in [5.41, 5.74) is 0.844. The van der Waals surface area contributed by atoms with Gasteiger partial charge in [0.1, 0.15) is 0 Å². The van der Waals surface area contributed by atoms with Crippen molar-refractivity contribution in [1.29, 1.82) is 0 Å². The molecular weight excluding hydrogens is 197 g/mol. The largest absolute Gasteiger partial charge is 1.00 e. The molecule has 0 atom stereocenters. The van der Waals surface area contributed by atoms with Gasteiger partial charge in [-0.05, 0) is 18.3 Å². The first-order valence-electron chi connectivity index (χ1n) is 3.51. The first kappa shape index (κ1) is 11.1. The summed E-state index contributed by atoms with van der Waals surface area (Å²) in [6.45, 7) is 0. The number of fused-ring (bicyclic) bond motifs is 1. The van der Waals surface area contributed by atoms with Crippen LogP contribution in [-0.2, 0) is 0 Å². The van der Waals surface area contributed by atoms with E-state index in [2.05, 4.69) is 4.98 Å². The molecule has 0 saturated carbocycles. The molecule has 0 amide bonds. The fourth-order valence-corrected chi connectivity index (χ4v) is 1.33. The number of aromatic carboxylic acids is 1. The number of rotatable bonds is 1. The number of benzene rings is 1. The minimum Gasteiger partial charge on any atom is -0.545 e. The van der Waals surface area contributed by atoms with Crippen molar-refractivity contribution in [1.82, 2.24) is 4.98 Å². The Morgan fingerprint density at radius 1 is 1.50 bits per heavy atom. The van der Waals surface area contributed by atoms with Crippen molar-refractivity contribution < 1.29 is 33.2 Å². The fourth-order valence-electron chi connectivity index (χ4n) is 1.14. The number of aromatic amines is 1. The van der Waals surface area contributed by atoms with Crippen LogP contribution in [0, 0.1) is 4.84 Å². The van der Waals surface area contributed by atoms with Gasteiger partial charge in [0.05, 0.1) is 11.5 Å². The first-order chi connectivity index (χ1) is 6.18. The standard InChI is InChI=1S/C8H5NO3S.Li/c10-7(11)4-2-1-3-5-6(4)9-8(13)12-5;/h1-3H,(H,9,13)(H,10,11);/q;+1/p-1. The van der Waals surface area contributed by atoms with Crippen LogP contribution >= 0.6 is 12.2 Å². The smallest absolute Gasteiger partial charge is 0.545 e. The number of aromatic nitrogens is 1. The van der Waals surface area contributed by atoms with Crippen molar-refractivity contribution in [2.24, 2.45) is 0 Å². The zero-order valence-electron chi connectivity index (χ0n) is 7.37. The van der Waals surface area contributed by atoms with Crippen LogP contribution in [-0.4, -0.2) is 11.0 Å². The van der Waals surface area contributed by atoms with Crippen LogP contribution < -0.4 is 24.0 Å². The third-order valence-corrected chi connectivity index (χ3v) is 1.86. The van der Waals surface area contributed by atoms with Crippen LogP contribution in [0.25, 0.3) is 11.1 Å². The molecule has 0 spiro atoms. The van der Waals surface area contributed by atoms with E-state index in [4.69, 9.17) is 16.6 Å². The Morgan fingerprint density at radius 3 is 2.86 bits per heavy atom. The normalized spacial score (nSPS) is 9.71. The first-order valence-corrected chi connectivity index (χ1v) is 3.92. The molecule has 0 unspecified atom stereocenters. The third kappa shape index (κ3) is 1.75. The van der Waals surface area contributed by atoms with Gasteiger partial charge in [-0.3, -0.25) is 0 Å². The fraction of sp³-hybridized carbons (Fsp3) is 0. The van der Waals surface area contributed by atoms with E-state index in [0.717, 1.165) is 0 Å². The Hall–Kier alpha value is -1.02. The number of para-hydroxylation sites is 1. The third-order valence-electron chi connectivity index (χ3n) is 1.68. The number of carbonyl (C=O) groups excluding carboxylic acids is 1.